The minimum absolute atomic E-state index is 0.0883. The number of ether oxygens (including phenoxy) is 1. The summed E-state index contributed by atoms with van der Waals surface area (Å²) in [7, 11) is 0. The van der Waals surface area contributed by atoms with Crippen molar-refractivity contribution in [1.29, 1.82) is 5.26 Å². The third-order valence-electron chi connectivity index (χ3n) is 6.22. The zero-order chi connectivity index (χ0) is 25.5. The minimum atomic E-state index is -0.951. The number of aliphatic carboxylic acids is 1. The highest BCUT2D eigenvalue weighted by atomic mass is 16.5. The van der Waals surface area contributed by atoms with E-state index in [-0.39, 0.29) is 25.0 Å². The van der Waals surface area contributed by atoms with Gasteiger partial charge in [-0.3, -0.25) is 9.59 Å². The summed E-state index contributed by atoms with van der Waals surface area (Å²) in [6.45, 7) is 8.19. The summed E-state index contributed by atoms with van der Waals surface area (Å²) in [4.78, 5) is 22.8. The van der Waals surface area contributed by atoms with Crippen LogP contribution >= 0.6 is 0 Å². The largest absolute Gasteiger partial charge is 0.486 e. The number of carboxylic acids is 1. The van der Waals surface area contributed by atoms with E-state index in [1.807, 2.05) is 61.7 Å². The zero-order valence-corrected chi connectivity index (χ0v) is 20.6. The highest BCUT2D eigenvalue weighted by molar-refractivity contribution is 5.94. The van der Waals surface area contributed by atoms with E-state index in [9.17, 15) is 14.9 Å². The molecule has 0 spiro atoms. The van der Waals surface area contributed by atoms with Crippen molar-refractivity contribution in [3.63, 3.8) is 0 Å². The lowest BCUT2D eigenvalue weighted by atomic mass is 10.0. The topological polar surface area (TPSA) is 104 Å². The lowest BCUT2D eigenvalue weighted by Gasteiger charge is -2.20. The van der Waals surface area contributed by atoms with E-state index >= 15 is 0 Å². The van der Waals surface area contributed by atoms with Crippen LogP contribution < -0.4 is 10.1 Å². The van der Waals surface area contributed by atoms with E-state index in [0.717, 1.165) is 46.7 Å². The van der Waals surface area contributed by atoms with Crippen molar-refractivity contribution >= 4 is 11.9 Å². The second kappa shape index (κ2) is 11.4. The van der Waals surface area contributed by atoms with Crippen LogP contribution in [0.4, 0.5) is 0 Å². The van der Waals surface area contributed by atoms with Crippen LogP contribution in [0.1, 0.15) is 70.7 Å². The molecule has 0 aliphatic rings. The van der Waals surface area contributed by atoms with Gasteiger partial charge in [0, 0.05) is 23.5 Å². The SMILES string of the molecule is CCCC(Oc1ccc(-n2c(C)c(C)c(C)c2C#N)cc1)c1ccc(C(=O)NCCC(=O)O)cc1. The van der Waals surface area contributed by atoms with Gasteiger partial charge < -0.3 is 19.7 Å². The number of amides is 1. The van der Waals surface area contributed by atoms with Crippen LogP contribution in [-0.4, -0.2) is 28.1 Å². The fourth-order valence-electron chi connectivity index (χ4n) is 4.04. The number of nitrogens with one attached hydrogen (secondary N) is 1. The first kappa shape index (κ1) is 25.6. The number of carbonyl (C=O) groups excluding carboxylic acids is 1. The molecule has 0 saturated carbocycles. The first-order valence-corrected chi connectivity index (χ1v) is 11.7. The molecule has 1 amide bonds. The van der Waals surface area contributed by atoms with Crippen molar-refractivity contribution in [1.82, 2.24) is 9.88 Å². The lowest BCUT2D eigenvalue weighted by molar-refractivity contribution is -0.136. The molecule has 1 unspecified atom stereocenters. The van der Waals surface area contributed by atoms with Gasteiger partial charge in [0.1, 0.15) is 23.6 Å². The van der Waals surface area contributed by atoms with Crippen molar-refractivity contribution < 1.29 is 19.4 Å². The molecule has 0 radical (unpaired) electrons. The van der Waals surface area contributed by atoms with Crippen LogP contribution in [0, 0.1) is 32.1 Å². The van der Waals surface area contributed by atoms with E-state index in [0.29, 0.717) is 11.3 Å². The minimum Gasteiger partial charge on any atom is -0.486 e. The summed E-state index contributed by atoms with van der Waals surface area (Å²) in [6, 6.07) is 17.2. The molecule has 0 bridgehead atoms. The molecule has 0 fully saturated rings. The monoisotopic (exact) mass is 473 g/mol. The second-order valence-electron chi connectivity index (χ2n) is 8.54. The number of nitriles is 1. The van der Waals surface area contributed by atoms with Gasteiger partial charge >= 0.3 is 5.97 Å². The Bertz CT molecular complexity index is 1240. The maximum Gasteiger partial charge on any atom is 0.305 e. The highest BCUT2D eigenvalue weighted by Gasteiger charge is 2.17. The van der Waals surface area contributed by atoms with Gasteiger partial charge in [0.05, 0.1) is 6.42 Å². The number of rotatable bonds is 10. The van der Waals surface area contributed by atoms with Gasteiger partial charge in [-0.25, -0.2) is 0 Å². The van der Waals surface area contributed by atoms with Crippen molar-refractivity contribution in [2.75, 3.05) is 6.54 Å². The van der Waals surface area contributed by atoms with Gasteiger partial charge in [-0.05, 0) is 80.3 Å². The molecule has 2 N–H and O–H groups in total. The maximum atomic E-state index is 12.2. The molecule has 35 heavy (non-hydrogen) atoms. The number of benzene rings is 2. The molecule has 1 heterocycles. The van der Waals surface area contributed by atoms with Crippen molar-refractivity contribution in [2.24, 2.45) is 0 Å². The average molecular weight is 474 g/mol. The maximum absolute atomic E-state index is 12.2. The third kappa shape index (κ3) is 5.90. The fraction of sp³-hybridized carbons (Fsp3) is 0.321. The molecule has 0 aliphatic heterocycles. The van der Waals surface area contributed by atoms with E-state index < -0.39 is 5.97 Å². The molecular weight excluding hydrogens is 442 g/mol. The summed E-state index contributed by atoms with van der Waals surface area (Å²) in [5.74, 6) is -0.532. The number of carboxylic acid groups (broad SMARTS) is 1. The van der Waals surface area contributed by atoms with Crippen LogP contribution in [0.5, 0.6) is 5.75 Å². The van der Waals surface area contributed by atoms with Crippen LogP contribution in [-0.2, 0) is 4.79 Å². The molecule has 182 valence electrons. The van der Waals surface area contributed by atoms with Crippen molar-refractivity contribution in [3.8, 4) is 17.5 Å². The first-order valence-electron chi connectivity index (χ1n) is 11.7. The van der Waals surface area contributed by atoms with E-state index in [1.165, 1.54) is 0 Å². The Morgan fingerprint density at radius 3 is 2.29 bits per heavy atom. The van der Waals surface area contributed by atoms with Gasteiger partial charge in [0.15, 0.2) is 0 Å². The molecule has 3 aromatic rings. The number of nitrogens with zero attached hydrogens (tertiary/aromatic N) is 2. The number of aromatic nitrogens is 1. The normalized spacial score (nSPS) is 11.5. The Hall–Kier alpha value is -4.05. The smallest absolute Gasteiger partial charge is 0.305 e. The van der Waals surface area contributed by atoms with Crippen molar-refractivity contribution in [3.05, 3.63) is 82.2 Å². The summed E-state index contributed by atoms with van der Waals surface area (Å²) in [6.07, 6.45) is 1.44. The molecule has 7 nitrogen and oxygen atoms in total. The third-order valence-corrected chi connectivity index (χ3v) is 6.22. The van der Waals surface area contributed by atoms with Gasteiger partial charge in [0.25, 0.3) is 5.91 Å². The molecule has 1 aromatic heterocycles. The van der Waals surface area contributed by atoms with E-state index in [4.69, 9.17) is 9.84 Å². The van der Waals surface area contributed by atoms with Crippen LogP contribution in [0.15, 0.2) is 48.5 Å². The van der Waals surface area contributed by atoms with Crippen LogP contribution in [0.3, 0.4) is 0 Å². The first-order chi connectivity index (χ1) is 16.8. The quantitative estimate of drug-likeness (QED) is 0.410. The molecule has 7 heteroatoms. The summed E-state index contributed by atoms with van der Waals surface area (Å²) in [5.41, 5.74) is 6.13. The summed E-state index contributed by atoms with van der Waals surface area (Å²) >= 11 is 0. The highest BCUT2D eigenvalue weighted by Crippen LogP contribution is 2.29. The van der Waals surface area contributed by atoms with E-state index in [1.54, 1.807) is 12.1 Å². The Morgan fingerprint density at radius 1 is 1.06 bits per heavy atom. The second-order valence-corrected chi connectivity index (χ2v) is 8.54. The fourth-order valence-corrected chi connectivity index (χ4v) is 4.04. The summed E-state index contributed by atoms with van der Waals surface area (Å²) < 4.78 is 8.27. The average Bonchev–Trinajstić information content (AvgIpc) is 3.07. The summed E-state index contributed by atoms with van der Waals surface area (Å²) in [5, 5.41) is 20.9. The molecule has 1 atom stereocenters. The Morgan fingerprint density at radius 2 is 1.71 bits per heavy atom. The molecule has 3 rings (SSSR count). The van der Waals surface area contributed by atoms with Gasteiger partial charge in [0.2, 0.25) is 0 Å². The van der Waals surface area contributed by atoms with Gasteiger partial charge in [-0.1, -0.05) is 25.5 Å². The Labute approximate surface area is 206 Å². The van der Waals surface area contributed by atoms with Crippen LogP contribution in [0.2, 0.25) is 0 Å². The zero-order valence-electron chi connectivity index (χ0n) is 20.6. The van der Waals surface area contributed by atoms with Crippen LogP contribution in [0.25, 0.3) is 5.69 Å². The Kier molecular flexibility index (Phi) is 8.32. The molecule has 0 aliphatic carbocycles. The predicted molar refractivity (Wildman–Crippen MR) is 134 cm³/mol. The van der Waals surface area contributed by atoms with Gasteiger partial charge in [-0.2, -0.15) is 5.26 Å². The lowest BCUT2D eigenvalue weighted by Crippen LogP contribution is -2.26. The standard InChI is InChI=1S/C28H31N3O4/c1-5-6-26(21-7-9-22(10-8-21)28(34)30-16-15-27(32)33)35-24-13-11-23(12-14-24)31-20(4)18(2)19(3)25(31)17-29/h7-14,26H,5-6,15-16H2,1-4H3,(H,30,34)(H,32,33). The predicted octanol–water partition coefficient (Wildman–Crippen LogP) is 5.40. The number of carbonyl (C=O) groups is 2. The molecular formula is C28H31N3O4. The van der Waals surface area contributed by atoms with Gasteiger partial charge in [-0.15, -0.1) is 0 Å². The molecule has 2 aromatic carbocycles. The molecule has 0 saturated heterocycles. The Balaban J connectivity index is 1.75. The number of hydrogen-bond acceptors (Lipinski definition) is 4. The van der Waals surface area contributed by atoms with E-state index in [2.05, 4.69) is 18.3 Å². The number of hydrogen-bond donors (Lipinski definition) is 2. The van der Waals surface area contributed by atoms with Crippen molar-refractivity contribution in [2.45, 2.75) is 53.1 Å².